The summed E-state index contributed by atoms with van der Waals surface area (Å²) in [6, 6.07) is 7.42. The van der Waals surface area contributed by atoms with Crippen LogP contribution in [0.25, 0.3) is 0 Å². The van der Waals surface area contributed by atoms with Crippen LogP contribution in [-0.2, 0) is 14.9 Å². The van der Waals surface area contributed by atoms with Gasteiger partial charge in [-0.05, 0) is 18.6 Å². The average molecular weight is 302 g/mol. The number of carboxylic acids is 1. The summed E-state index contributed by atoms with van der Waals surface area (Å²) in [6.07, 6.45) is 5.88. The van der Waals surface area contributed by atoms with E-state index in [0.29, 0.717) is 6.42 Å². The van der Waals surface area contributed by atoms with E-state index in [4.69, 9.17) is 9.66 Å². The molecule has 0 heterocycles. The number of rotatable bonds is 7. The van der Waals surface area contributed by atoms with Gasteiger partial charge in [-0.1, -0.05) is 50.8 Å². The lowest BCUT2D eigenvalue weighted by molar-refractivity contribution is -0.137. The van der Waals surface area contributed by atoms with Crippen LogP contribution in [0.15, 0.2) is 35.2 Å². The Balaban J connectivity index is 0.000000361. The smallest absolute Gasteiger partial charge is 0.303 e. The van der Waals surface area contributed by atoms with Gasteiger partial charge in [-0.3, -0.25) is 9.35 Å². The summed E-state index contributed by atoms with van der Waals surface area (Å²) in [7, 11) is -4.00. The van der Waals surface area contributed by atoms with Gasteiger partial charge in [-0.25, -0.2) is 0 Å². The van der Waals surface area contributed by atoms with Gasteiger partial charge in [0.15, 0.2) is 0 Å². The van der Waals surface area contributed by atoms with Gasteiger partial charge in [0.2, 0.25) is 0 Å². The van der Waals surface area contributed by atoms with Crippen molar-refractivity contribution < 1.29 is 22.9 Å². The fraction of sp³-hybridized carbons (Fsp3) is 0.500. The second-order valence-corrected chi connectivity index (χ2v) is 5.77. The van der Waals surface area contributed by atoms with E-state index in [1.807, 2.05) is 0 Å². The predicted octanol–water partition coefficient (Wildman–Crippen LogP) is 3.36. The maximum Gasteiger partial charge on any atom is 0.303 e. The zero-order valence-corrected chi connectivity index (χ0v) is 12.5. The topological polar surface area (TPSA) is 91.7 Å². The summed E-state index contributed by atoms with van der Waals surface area (Å²) in [4.78, 5) is 9.96. The van der Waals surface area contributed by atoms with E-state index in [-0.39, 0.29) is 4.90 Å². The number of unbranched alkanes of at least 4 members (excludes halogenated alkanes) is 4. The molecule has 6 heteroatoms. The maximum absolute atomic E-state index is 10.4. The molecule has 0 atom stereocenters. The number of hydrogen-bond donors (Lipinski definition) is 2. The Morgan fingerprint density at radius 3 is 2.00 bits per heavy atom. The molecular weight excluding hydrogens is 280 g/mol. The first kappa shape index (κ1) is 18.6. The number of carboxylic acid groups (broad SMARTS) is 1. The largest absolute Gasteiger partial charge is 0.481 e. The molecule has 0 aliphatic heterocycles. The van der Waals surface area contributed by atoms with E-state index < -0.39 is 16.1 Å². The minimum absolute atomic E-state index is 0.0741. The van der Waals surface area contributed by atoms with Gasteiger partial charge in [-0.2, -0.15) is 8.42 Å². The summed E-state index contributed by atoms with van der Waals surface area (Å²) < 4.78 is 29.2. The molecule has 0 saturated heterocycles. The van der Waals surface area contributed by atoms with Gasteiger partial charge < -0.3 is 5.11 Å². The van der Waals surface area contributed by atoms with Crippen molar-refractivity contribution in [2.45, 2.75) is 50.3 Å². The molecule has 5 nitrogen and oxygen atoms in total. The average Bonchev–Trinajstić information content (AvgIpc) is 2.39. The summed E-state index contributed by atoms with van der Waals surface area (Å²) in [5, 5.41) is 8.27. The highest BCUT2D eigenvalue weighted by atomic mass is 32.2. The summed E-state index contributed by atoms with van der Waals surface area (Å²) in [6.45, 7) is 2.15. The first-order valence-corrected chi connectivity index (χ1v) is 8.06. The van der Waals surface area contributed by atoms with Gasteiger partial charge in [0.25, 0.3) is 10.1 Å². The van der Waals surface area contributed by atoms with Gasteiger partial charge in [0.05, 0.1) is 4.90 Å². The van der Waals surface area contributed by atoms with E-state index in [1.165, 1.54) is 31.4 Å². The predicted molar refractivity (Wildman–Crippen MR) is 77.3 cm³/mol. The maximum atomic E-state index is 10.4. The monoisotopic (exact) mass is 302 g/mol. The molecule has 20 heavy (non-hydrogen) atoms. The zero-order valence-electron chi connectivity index (χ0n) is 11.7. The fourth-order valence-corrected chi connectivity index (χ4v) is 1.97. The Labute approximate surface area is 120 Å². The van der Waals surface area contributed by atoms with E-state index >= 15 is 0 Å². The molecule has 0 unspecified atom stereocenters. The standard InChI is InChI=1S/C8H16O2.C6H6O3S/c1-2-3-4-5-6-7-8(9)10;7-10(8,9)6-4-2-1-3-5-6/h2-7H2,1H3,(H,9,10);1-5H,(H,7,8,9). The lowest BCUT2D eigenvalue weighted by atomic mass is 10.1. The summed E-state index contributed by atoms with van der Waals surface area (Å²) in [5.41, 5.74) is 0. The molecule has 0 aromatic heterocycles. The molecular formula is C14H22O5S. The molecule has 0 spiro atoms. The lowest BCUT2D eigenvalue weighted by Gasteiger charge is -1.95. The third-order valence-corrected chi connectivity index (χ3v) is 3.40. The van der Waals surface area contributed by atoms with Crippen molar-refractivity contribution in [1.82, 2.24) is 0 Å². The molecule has 0 aliphatic carbocycles. The minimum atomic E-state index is -4.00. The van der Waals surface area contributed by atoms with Crippen LogP contribution in [0.1, 0.15) is 45.4 Å². The first-order chi connectivity index (χ1) is 9.38. The molecule has 2 N–H and O–H groups in total. The van der Waals surface area contributed by atoms with E-state index in [1.54, 1.807) is 18.2 Å². The van der Waals surface area contributed by atoms with Crippen molar-refractivity contribution in [3.05, 3.63) is 30.3 Å². The Morgan fingerprint density at radius 1 is 1.05 bits per heavy atom. The molecule has 1 rings (SSSR count). The SMILES string of the molecule is CCCCCCCC(=O)O.O=S(=O)(O)c1ccccc1. The summed E-state index contributed by atoms with van der Waals surface area (Å²) in [5.74, 6) is -0.670. The van der Waals surface area contributed by atoms with E-state index in [0.717, 1.165) is 12.8 Å². The van der Waals surface area contributed by atoms with Crippen LogP contribution in [0.4, 0.5) is 0 Å². The third-order valence-electron chi connectivity index (χ3n) is 2.54. The van der Waals surface area contributed by atoms with Crippen molar-refractivity contribution in [2.24, 2.45) is 0 Å². The number of aliphatic carboxylic acids is 1. The fourth-order valence-electron chi connectivity index (χ4n) is 1.47. The Kier molecular flexibility index (Phi) is 9.67. The highest BCUT2D eigenvalue weighted by molar-refractivity contribution is 7.85. The van der Waals surface area contributed by atoms with Crippen molar-refractivity contribution in [2.75, 3.05) is 0 Å². The van der Waals surface area contributed by atoms with Crippen LogP contribution in [0, 0.1) is 0 Å². The van der Waals surface area contributed by atoms with Crippen molar-refractivity contribution in [3.63, 3.8) is 0 Å². The van der Waals surface area contributed by atoms with Crippen LogP contribution in [-0.4, -0.2) is 24.0 Å². The Morgan fingerprint density at radius 2 is 1.60 bits per heavy atom. The third kappa shape index (κ3) is 10.5. The van der Waals surface area contributed by atoms with Gasteiger partial charge in [-0.15, -0.1) is 0 Å². The molecule has 0 bridgehead atoms. The zero-order chi connectivity index (χ0) is 15.4. The van der Waals surface area contributed by atoms with E-state index in [9.17, 15) is 13.2 Å². The summed E-state index contributed by atoms with van der Waals surface area (Å²) >= 11 is 0. The first-order valence-electron chi connectivity index (χ1n) is 6.62. The molecule has 0 aliphatic rings. The number of hydrogen-bond acceptors (Lipinski definition) is 3. The van der Waals surface area contributed by atoms with Gasteiger partial charge in [0.1, 0.15) is 0 Å². The van der Waals surface area contributed by atoms with Crippen LogP contribution in [0.2, 0.25) is 0 Å². The Hall–Kier alpha value is -1.40. The molecule has 0 fully saturated rings. The highest BCUT2D eigenvalue weighted by Crippen LogP contribution is 2.05. The van der Waals surface area contributed by atoms with Gasteiger partial charge >= 0.3 is 5.97 Å². The van der Waals surface area contributed by atoms with Crippen molar-refractivity contribution in [1.29, 1.82) is 0 Å². The minimum Gasteiger partial charge on any atom is -0.481 e. The second kappa shape index (κ2) is 10.4. The number of benzene rings is 1. The van der Waals surface area contributed by atoms with Crippen LogP contribution in [0.3, 0.4) is 0 Å². The van der Waals surface area contributed by atoms with Crippen LogP contribution < -0.4 is 0 Å². The number of carbonyl (C=O) groups is 1. The molecule has 0 amide bonds. The van der Waals surface area contributed by atoms with Crippen LogP contribution in [0.5, 0.6) is 0 Å². The van der Waals surface area contributed by atoms with Crippen molar-refractivity contribution >= 4 is 16.1 Å². The normalized spacial score (nSPS) is 10.5. The van der Waals surface area contributed by atoms with Crippen molar-refractivity contribution in [3.8, 4) is 0 Å². The second-order valence-electron chi connectivity index (χ2n) is 4.35. The molecule has 1 aromatic carbocycles. The quantitative estimate of drug-likeness (QED) is 0.595. The lowest BCUT2D eigenvalue weighted by Crippen LogP contribution is -1.96. The van der Waals surface area contributed by atoms with E-state index in [2.05, 4.69) is 6.92 Å². The highest BCUT2D eigenvalue weighted by Gasteiger charge is 2.05. The molecule has 114 valence electrons. The molecule has 0 saturated carbocycles. The molecule has 1 aromatic rings. The molecule has 0 radical (unpaired) electrons. The van der Waals surface area contributed by atoms with Crippen LogP contribution >= 0.6 is 0 Å². The van der Waals surface area contributed by atoms with Gasteiger partial charge in [0, 0.05) is 6.42 Å². The Bertz CT molecular complexity index is 468.